The number of thiophene rings is 1. The van der Waals surface area contributed by atoms with E-state index in [1.54, 1.807) is 0 Å². The fourth-order valence-electron chi connectivity index (χ4n) is 2.36. The van der Waals surface area contributed by atoms with Crippen molar-refractivity contribution in [2.75, 3.05) is 20.1 Å². The van der Waals surface area contributed by atoms with Crippen molar-refractivity contribution in [3.8, 4) is 0 Å². The molecule has 2 unspecified atom stereocenters. The predicted molar refractivity (Wildman–Crippen MR) is 78.8 cm³/mol. The third-order valence-electron chi connectivity index (χ3n) is 3.64. The van der Waals surface area contributed by atoms with Crippen molar-refractivity contribution < 1.29 is 0 Å². The molecule has 1 aromatic rings. The molecule has 2 nitrogen and oxygen atoms in total. The molecule has 2 heterocycles. The van der Waals surface area contributed by atoms with Gasteiger partial charge in [0.1, 0.15) is 0 Å². The van der Waals surface area contributed by atoms with Crippen molar-refractivity contribution in [2.45, 2.75) is 38.3 Å². The number of halogens is 1. The van der Waals surface area contributed by atoms with Gasteiger partial charge >= 0.3 is 0 Å². The largest absolute Gasteiger partial charge is 0.314 e. The van der Waals surface area contributed by atoms with E-state index in [2.05, 4.69) is 52.3 Å². The van der Waals surface area contributed by atoms with Crippen molar-refractivity contribution in [2.24, 2.45) is 0 Å². The first-order valence-corrected chi connectivity index (χ1v) is 7.94. The molecule has 4 heteroatoms. The summed E-state index contributed by atoms with van der Waals surface area (Å²) in [5.74, 6) is 0. The maximum absolute atomic E-state index is 3.69. The number of piperidine rings is 1. The molecule has 0 radical (unpaired) electrons. The molecule has 0 aromatic carbocycles. The highest BCUT2D eigenvalue weighted by atomic mass is 79.9. The topological polar surface area (TPSA) is 15.3 Å². The second-order valence-corrected chi connectivity index (χ2v) is 7.51. The summed E-state index contributed by atoms with van der Waals surface area (Å²) in [6.07, 6.45) is 3.72. The lowest BCUT2D eigenvalue weighted by atomic mass is 9.99. The van der Waals surface area contributed by atoms with Gasteiger partial charge in [-0.3, -0.25) is 0 Å². The van der Waals surface area contributed by atoms with E-state index in [4.69, 9.17) is 0 Å². The number of hydrogen-bond acceptors (Lipinski definition) is 3. The highest BCUT2D eigenvalue weighted by molar-refractivity contribution is 9.11. The molecular weight excluding hydrogens is 296 g/mol. The van der Waals surface area contributed by atoms with E-state index in [1.165, 1.54) is 28.0 Å². The lowest BCUT2D eigenvalue weighted by Crippen LogP contribution is -2.45. The highest BCUT2D eigenvalue weighted by Crippen LogP contribution is 2.22. The minimum Gasteiger partial charge on any atom is -0.314 e. The van der Waals surface area contributed by atoms with Crippen LogP contribution < -0.4 is 5.32 Å². The number of nitrogens with zero attached hydrogens (tertiary/aromatic N) is 1. The summed E-state index contributed by atoms with van der Waals surface area (Å²) in [5, 5.41) is 3.69. The Balaban J connectivity index is 1.69. The number of likely N-dealkylation sites (tertiary alicyclic amines) is 1. The van der Waals surface area contributed by atoms with Crippen LogP contribution in [0.5, 0.6) is 0 Å². The third kappa shape index (κ3) is 4.05. The molecule has 1 aromatic heterocycles. The summed E-state index contributed by atoms with van der Waals surface area (Å²) < 4.78 is 1.24. The Labute approximate surface area is 117 Å². The monoisotopic (exact) mass is 316 g/mol. The minimum absolute atomic E-state index is 0.713. The Morgan fingerprint density at radius 1 is 1.53 bits per heavy atom. The van der Waals surface area contributed by atoms with Gasteiger partial charge in [-0.15, -0.1) is 11.3 Å². The standard InChI is InChI=1S/C13H21BrN2S/c1-10-9-11(6-8-16(10)2)15-7-5-12-3-4-13(14)17-12/h3-4,10-11,15H,5-9H2,1-2H3. The van der Waals surface area contributed by atoms with Crippen molar-refractivity contribution in [3.05, 3.63) is 20.8 Å². The average Bonchev–Trinajstić information content (AvgIpc) is 2.70. The fraction of sp³-hybridized carbons (Fsp3) is 0.692. The van der Waals surface area contributed by atoms with Crippen LogP contribution in [0.4, 0.5) is 0 Å². The lowest BCUT2D eigenvalue weighted by molar-refractivity contribution is 0.169. The van der Waals surface area contributed by atoms with Gasteiger partial charge in [-0.25, -0.2) is 0 Å². The zero-order valence-corrected chi connectivity index (χ0v) is 13.0. The van der Waals surface area contributed by atoms with Gasteiger partial charge in [0.25, 0.3) is 0 Å². The average molecular weight is 317 g/mol. The van der Waals surface area contributed by atoms with Gasteiger partial charge in [-0.2, -0.15) is 0 Å². The lowest BCUT2D eigenvalue weighted by Gasteiger charge is -2.35. The summed E-state index contributed by atoms with van der Waals surface area (Å²) in [7, 11) is 2.23. The summed E-state index contributed by atoms with van der Waals surface area (Å²) in [5.41, 5.74) is 0. The molecule has 0 spiro atoms. The summed E-state index contributed by atoms with van der Waals surface area (Å²) in [6, 6.07) is 5.78. The van der Waals surface area contributed by atoms with Crippen LogP contribution in [0.1, 0.15) is 24.6 Å². The number of hydrogen-bond donors (Lipinski definition) is 1. The van der Waals surface area contributed by atoms with Crippen LogP contribution >= 0.6 is 27.3 Å². The molecule has 0 amide bonds. The van der Waals surface area contributed by atoms with Gasteiger partial charge in [0.15, 0.2) is 0 Å². The predicted octanol–water partition coefficient (Wildman–Crippen LogP) is 3.13. The minimum atomic E-state index is 0.713. The van der Waals surface area contributed by atoms with E-state index < -0.39 is 0 Å². The molecule has 2 atom stereocenters. The van der Waals surface area contributed by atoms with Crippen molar-refractivity contribution in [1.82, 2.24) is 10.2 Å². The van der Waals surface area contributed by atoms with E-state index in [0.717, 1.165) is 19.0 Å². The van der Waals surface area contributed by atoms with E-state index in [0.29, 0.717) is 6.04 Å². The second-order valence-electron chi connectivity index (χ2n) is 4.96. The van der Waals surface area contributed by atoms with Crippen LogP contribution in [-0.4, -0.2) is 37.1 Å². The number of nitrogens with one attached hydrogen (secondary N) is 1. The molecule has 17 heavy (non-hydrogen) atoms. The smallest absolute Gasteiger partial charge is 0.0701 e. The summed E-state index contributed by atoms with van der Waals surface area (Å²) >= 11 is 5.35. The van der Waals surface area contributed by atoms with Crippen LogP contribution in [0.15, 0.2) is 15.9 Å². The molecule has 0 saturated carbocycles. The van der Waals surface area contributed by atoms with E-state index in [9.17, 15) is 0 Å². The van der Waals surface area contributed by atoms with Crippen LogP contribution in [-0.2, 0) is 6.42 Å². The zero-order chi connectivity index (χ0) is 12.3. The van der Waals surface area contributed by atoms with Crippen molar-refractivity contribution >= 4 is 27.3 Å². The molecule has 1 N–H and O–H groups in total. The quantitative estimate of drug-likeness (QED) is 0.918. The number of rotatable bonds is 4. The van der Waals surface area contributed by atoms with E-state index >= 15 is 0 Å². The Kier molecular flexibility index (Phi) is 5.03. The Morgan fingerprint density at radius 2 is 2.35 bits per heavy atom. The van der Waals surface area contributed by atoms with E-state index in [-0.39, 0.29) is 0 Å². The second kappa shape index (κ2) is 6.32. The molecule has 1 fully saturated rings. The Hall–Kier alpha value is 0.1000. The van der Waals surface area contributed by atoms with Gasteiger partial charge in [-0.05, 0) is 67.8 Å². The van der Waals surface area contributed by atoms with Gasteiger partial charge in [0.2, 0.25) is 0 Å². The summed E-state index contributed by atoms with van der Waals surface area (Å²) in [4.78, 5) is 3.92. The van der Waals surface area contributed by atoms with Gasteiger partial charge in [0, 0.05) is 23.5 Å². The Bertz CT molecular complexity index is 353. The van der Waals surface area contributed by atoms with Gasteiger partial charge in [0.05, 0.1) is 3.79 Å². The third-order valence-corrected chi connectivity index (χ3v) is 5.33. The van der Waals surface area contributed by atoms with Crippen LogP contribution in [0.3, 0.4) is 0 Å². The normalized spacial score (nSPS) is 26.3. The first kappa shape index (κ1) is 13.5. The molecule has 2 rings (SSSR count). The van der Waals surface area contributed by atoms with Crippen LogP contribution in [0.25, 0.3) is 0 Å². The first-order valence-electron chi connectivity index (χ1n) is 6.33. The molecule has 0 aliphatic carbocycles. The summed E-state index contributed by atoms with van der Waals surface area (Å²) in [6.45, 7) is 4.65. The maximum atomic E-state index is 3.69. The molecule has 1 saturated heterocycles. The van der Waals surface area contributed by atoms with Crippen LogP contribution in [0, 0.1) is 0 Å². The zero-order valence-electron chi connectivity index (χ0n) is 10.6. The Morgan fingerprint density at radius 3 is 3.00 bits per heavy atom. The molecule has 1 aliphatic heterocycles. The fourth-order valence-corrected chi connectivity index (χ4v) is 3.84. The van der Waals surface area contributed by atoms with Crippen LogP contribution in [0.2, 0.25) is 0 Å². The SMILES string of the molecule is CC1CC(NCCc2ccc(Br)s2)CCN1C. The molecule has 0 bridgehead atoms. The van der Waals surface area contributed by atoms with Gasteiger partial charge < -0.3 is 10.2 Å². The van der Waals surface area contributed by atoms with E-state index in [1.807, 2.05) is 11.3 Å². The first-order chi connectivity index (χ1) is 8.15. The molecular formula is C13H21BrN2S. The van der Waals surface area contributed by atoms with Crippen molar-refractivity contribution in [3.63, 3.8) is 0 Å². The highest BCUT2D eigenvalue weighted by Gasteiger charge is 2.21. The molecule has 1 aliphatic rings. The van der Waals surface area contributed by atoms with Crippen molar-refractivity contribution in [1.29, 1.82) is 0 Å². The van der Waals surface area contributed by atoms with Gasteiger partial charge in [-0.1, -0.05) is 0 Å². The maximum Gasteiger partial charge on any atom is 0.0701 e. The molecule has 96 valence electrons.